The number of aromatic nitrogens is 3. The summed E-state index contributed by atoms with van der Waals surface area (Å²) in [4.78, 5) is 15.4. The smallest absolute Gasteiger partial charge is 0.318 e. The molecule has 0 radical (unpaired) electrons. The predicted molar refractivity (Wildman–Crippen MR) is 145 cm³/mol. The average molecular weight is 539 g/mol. The minimum absolute atomic E-state index is 0.00306. The molecule has 2 aromatic carbocycles. The van der Waals surface area contributed by atoms with E-state index in [0.29, 0.717) is 71.2 Å². The van der Waals surface area contributed by atoms with Crippen LogP contribution in [-0.4, -0.2) is 59.8 Å². The molecular formula is C29H32F2N4O4. The third-order valence-electron chi connectivity index (χ3n) is 7.28. The molecule has 1 aliphatic heterocycles. The maximum Gasteiger partial charge on any atom is 0.318 e. The number of ether oxygens (including phenoxy) is 3. The van der Waals surface area contributed by atoms with Gasteiger partial charge in [0.1, 0.15) is 28.6 Å². The Bertz CT molecular complexity index is 1530. The molecule has 0 bridgehead atoms. The zero-order chi connectivity index (χ0) is 27.7. The summed E-state index contributed by atoms with van der Waals surface area (Å²) in [5.74, 6) is -0.115. The first-order chi connectivity index (χ1) is 18.8. The van der Waals surface area contributed by atoms with Crippen molar-refractivity contribution in [2.24, 2.45) is 0 Å². The zero-order valence-electron chi connectivity index (χ0n) is 22.6. The third-order valence-corrected chi connectivity index (χ3v) is 7.28. The van der Waals surface area contributed by atoms with Crippen LogP contribution < -0.4 is 14.4 Å². The average Bonchev–Trinajstić information content (AvgIpc) is 3.11. The van der Waals surface area contributed by atoms with Crippen LogP contribution in [0.1, 0.15) is 38.7 Å². The summed E-state index contributed by atoms with van der Waals surface area (Å²) in [6.07, 6.45) is 3.90. The maximum atomic E-state index is 16.4. The van der Waals surface area contributed by atoms with Crippen molar-refractivity contribution in [3.63, 3.8) is 0 Å². The van der Waals surface area contributed by atoms with Crippen molar-refractivity contribution in [3.8, 4) is 23.0 Å². The summed E-state index contributed by atoms with van der Waals surface area (Å²) in [5.41, 5.74) is 0.130. The lowest BCUT2D eigenvalue weighted by molar-refractivity contribution is 0.0481. The third kappa shape index (κ3) is 5.18. The van der Waals surface area contributed by atoms with E-state index >= 15 is 4.39 Å². The first-order valence-electron chi connectivity index (χ1n) is 13.0. The molecule has 1 fully saturated rings. The fraction of sp³-hybridized carbons (Fsp3) is 0.414. The fourth-order valence-corrected chi connectivity index (χ4v) is 5.25. The van der Waals surface area contributed by atoms with E-state index < -0.39 is 11.4 Å². The van der Waals surface area contributed by atoms with Crippen LogP contribution in [-0.2, 0) is 11.2 Å². The van der Waals surface area contributed by atoms with Crippen molar-refractivity contribution >= 4 is 27.5 Å². The van der Waals surface area contributed by atoms with Crippen molar-refractivity contribution in [2.45, 2.75) is 45.1 Å². The van der Waals surface area contributed by atoms with Gasteiger partial charge in [0, 0.05) is 32.0 Å². The van der Waals surface area contributed by atoms with Gasteiger partial charge in [0.15, 0.2) is 12.6 Å². The number of rotatable bonds is 7. The van der Waals surface area contributed by atoms with Gasteiger partial charge in [-0.2, -0.15) is 9.97 Å². The monoisotopic (exact) mass is 538 g/mol. The minimum atomic E-state index is -0.776. The van der Waals surface area contributed by atoms with E-state index in [4.69, 9.17) is 14.2 Å². The Kier molecular flexibility index (Phi) is 7.51. The van der Waals surface area contributed by atoms with Gasteiger partial charge < -0.3 is 24.2 Å². The SMILES string of the molecule is CCc1c(F)ccc2cc(OCOC)cc(-c3ncc4c(N5CCCC(C)(O)CC5)nc(OC)nc4c3F)c12. The molecule has 2 aromatic heterocycles. The van der Waals surface area contributed by atoms with Gasteiger partial charge >= 0.3 is 6.01 Å². The topological polar surface area (TPSA) is 89.8 Å². The van der Waals surface area contributed by atoms with E-state index in [2.05, 4.69) is 15.0 Å². The second-order valence-electron chi connectivity index (χ2n) is 10.1. The highest BCUT2D eigenvalue weighted by atomic mass is 19.1. The number of nitrogens with zero attached hydrogens (tertiary/aromatic N) is 4. The summed E-state index contributed by atoms with van der Waals surface area (Å²) in [7, 11) is 2.94. The summed E-state index contributed by atoms with van der Waals surface area (Å²) >= 11 is 0. The normalized spacial score (nSPS) is 18.0. The molecule has 0 amide bonds. The van der Waals surface area contributed by atoms with Gasteiger partial charge in [0.2, 0.25) is 0 Å². The van der Waals surface area contributed by atoms with Crippen LogP contribution in [0.25, 0.3) is 32.9 Å². The summed E-state index contributed by atoms with van der Waals surface area (Å²) < 4.78 is 47.4. The quantitative estimate of drug-likeness (QED) is 0.312. The van der Waals surface area contributed by atoms with Crippen molar-refractivity contribution in [3.05, 3.63) is 47.7 Å². The van der Waals surface area contributed by atoms with E-state index in [1.54, 1.807) is 24.4 Å². The Morgan fingerprint density at radius 1 is 1.10 bits per heavy atom. The van der Waals surface area contributed by atoms with Gasteiger partial charge in [-0.25, -0.2) is 8.78 Å². The van der Waals surface area contributed by atoms with Crippen LogP contribution in [0.3, 0.4) is 0 Å². The lowest BCUT2D eigenvalue weighted by atomic mass is 9.94. The second kappa shape index (κ2) is 10.9. The number of halogens is 2. The molecule has 1 aliphatic rings. The molecule has 206 valence electrons. The van der Waals surface area contributed by atoms with Crippen molar-refractivity contribution in [2.75, 3.05) is 39.0 Å². The van der Waals surface area contributed by atoms with E-state index in [1.807, 2.05) is 18.7 Å². The van der Waals surface area contributed by atoms with Crippen LogP contribution in [0.5, 0.6) is 11.8 Å². The maximum absolute atomic E-state index is 16.4. The van der Waals surface area contributed by atoms with Gasteiger partial charge in [0.05, 0.1) is 18.1 Å². The summed E-state index contributed by atoms with van der Waals surface area (Å²) in [6.45, 7) is 4.84. The number of hydrogen-bond donors (Lipinski definition) is 1. The van der Waals surface area contributed by atoms with Crippen molar-refractivity contribution < 1.29 is 28.1 Å². The molecule has 4 aromatic rings. The number of fused-ring (bicyclic) bond motifs is 2. The first kappa shape index (κ1) is 27.0. The van der Waals surface area contributed by atoms with E-state index in [9.17, 15) is 9.50 Å². The van der Waals surface area contributed by atoms with Crippen LogP contribution in [0.15, 0.2) is 30.5 Å². The van der Waals surface area contributed by atoms with Gasteiger partial charge in [0.25, 0.3) is 0 Å². The number of methoxy groups -OCH3 is 2. The van der Waals surface area contributed by atoms with Crippen molar-refractivity contribution in [1.82, 2.24) is 15.0 Å². The molecule has 5 rings (SSSR count). The lowest BCUT2D eigenvalue weighted by Gasteiger charge is -2.24. The highest BCUT2D eigenvalue weighted by Gasteiger charge is 2.28. The number of anilines is 1. The number of aliphatic hydroxyl groups is 1. The van der Waals surface area contributed by atoms with E-state index in [-0.39, 0.29) is 29.8 Å². The number of benzene rings is 2. The zero-order valence-corrected chi connectivity index (χ0v) is 22.6. The molecule has 0 spiro atoms. The molecule has 0 aliphatic carbocycles. The molecule has 1 N–H and O–H groups in total. The van der Waals surface area contributed by atoms with Crippen molar-refractivity contribution in [1.29, 1.82) is 0 Å². The van der Waals surface area contributed by atoms with Gasteiger partial charge in [-0.15, -0.1) is 0 Å². The van der Waals surface area contributed by atoms with E-state index in [1.165, 1.54) is 20.3 Å². The molecular weight excluding hydrogens is 506 g/mol. The Morgan fingerprint density at radius 3 is 2.67 bits per heavy atom. The van der Waals surface area contributed by atoms with Crippen LogP contribution >= 0.6 is 0 Å². The Hall–Kier alpha value is -3.63. The predicted octanol–water partition coefficient (Wildman–Crippen LogP) is 5.42. The molecule has 3 heterocycles. The van der Waals surface area contributed by atoms with Crippen LogP contribution in [0.2, 0.25) is 0 Å². The largest absolute Gasteiger partial charge is 0.468 e. The molecule has 1 unspecified atom stereocenters. The van der Waals surface area contributed by atoms with Crippen LogP contribution in [0.4, 0.5) is 14.6 Å². The molecule has 10 heteroatoms. The van der Waals surface area contributed by atoms with Gasteiger partial charge in [-0.05, 0) is 67.1 Å². The van der Waals surface area contributed by atoms with Gasteiger partial charge in [-0.3, -0.25) is 4.98 Å². The first-order valence-corrected chi connectivity index (χ1v) is 13.0. The highest BCUT2D eigenvalue weighted by molar-refractivity contribution is 6.01. The Morgan fingerprint density at radius 2 is 1.92 bits per heavy atom. The molecule has 1 atom stereocenters. The molecule has 0 saturated carbocycles. The highest BCUT2D eigenvalue weighted by Crippen LogP contribution is 2.39. The second-order valence-corrected chi connectivity index (χ2v) is 10.1. The van der Waals surface area contributed by atoms with Gasteiger partial charge in [-0.1, -0.05) is 13.0 Å². The summed E-state index contributed by atoms with van der Waals surface area (Å²) in [6, 6.07) is 6.48. The molecule has 8 nitrogen and oxygen atoms in total. The number of aryl methyl sites for hydroxylation is 1. The molecule has 1 saturated heterocycles. The van der Waals surface area contributed by atoms with E-state index in [0.717, 1.165) is 6.42 Å². The summed E-state index contributed by atoms with van der Waals surface area (Å²) in [5, 5.41) is 12.2. The van der Waals surface area contributed by atoms with Crippen LogP contribution in [0, 0.1) is 11.6 Å². The molecule has 39 heavy (non-hydrogen) atoms. The standard InChI is InChI=1S/C29H32F2N4O4/c1-5-19-22(30)8-7-17-13-18(39-16-37-3)14-20(23(17)19)25-24(31)26-21(15-32-25)27(34-28(33-26)38-4)35-11-6-9-29(2,36)10-12-35/h7-8,13-15,36H,5-6,9-12,16H2,1-4H3. The fourth-order valence-electron chi connectivity index (χ4n) is 5.25. The lowest BCUT2D eigenvalue weighted by Crippen LogP contribution is -2.29. The minimum Gasteiger partial charge on any atom is -0.468 e. The number of hydrogen-bond acceptors (Lipinski definition) is 8. The Balaban J connectivity index is 1.73. The Labute approximate surface area is 225 Å². The number of pyridine rings is 1.